The Morgan fingerprint density at radius 1 is 1.28 bits per heavy atom. The third kappa shape index (κ3) is 2.60. The zero-order valence-corrected chi connectivity index (χ0v) is 11.2. The molecule has 1 aromatic carbocycles. The van der Waals surface area contributed by atoms with Gasteiger partial charge in [0.1, 0.15) is 0 Å². The maximum Gasteiger partial charge on any atom is 0.162 e. The largest absolute Gasteiger partial charge is 0.313 e. The van der Waals surface area contributed by atoms with Crippen LogP contribution in [-0.2, 0) is 6.42 Å². The van der Waals surface area contributed by atoms with Crippen LogP contribution in [0.4, 0.5) is 8.78 Å². The monoisotopic (exact) mass is 267 g/mol. The predicted molar refractivity (Wildman–Crippen MR) is 70.9 cm³/mol. The maximum atomic E-state index is 13.6. The van der Waals surface area contributed by atoms with Crippen molar-refractivity contribution in [2.24, 2.45) is 0 Å². The van der Waals surface area contributed by atoms with Crippen LogP contribution < -0.4 is 5.32 Å². The number of thiophene rings is 1. The highest BCUT2D eigenvalue weighted by Gasteiger charge is 2.16. The van der Waals surface area contributed by atoms with E-state index in [0.717, 1.165) is 11.6 Å². The van der Waals surface area contributed by atoms with Gasteiger partial charge in [-0.3, -0.25) is 0 Å². The first-order chi connectivity index (χ1) is 8.63. The predicted octanol–water partition coefficient (Wildman–Crippen LogP) is 3.84. The van der Waals surface area contributed by atoms with Crippen molar-refractivity contribution in [1.29, 1.82) is 0 Å². The summed E-state index contributed by atoms with van der Waals surface area (Å²) < 4.78 is 26.8. The smallest absolute Gasteiger partial charge is 0.162 e. The average Bonchev–Trinajstić information content (AvgIpc) is 2.77. The second-order valence-electron chi connectivity index (χ2n) is 4.27. The summed E-state index contributed by atoms with van der Waals surface area (Å²) in [5, 5.41) is 7.26. The van der Waals surface area contributed by atoms with Crippen LogP contribution in [0, 0.1) is 18.6 Å². The van der Waals surface area contributed by atoms with Crippen molar-refractivity contribution in [2.75, 3.05) is 7.05 Å². The van der Waals surface area contributed by atoms with Gasteiger partial charge in [-0.2, -0.15) is 11.3 Å². The minimum atomic E-state index is -0.788. The molecule has 2 aromatic rings. The molecule has 0 bridgehead atoms. The van der Waals surface area contributed by atoms with Crippen LogP contribution >= 0.6 is 11.3 Å². The third-order valence-electron chi connectivity index (χ3n) is 3.07. The quantitative estimate of drug-likeness (QED) is 0.887. The molecule has 0 spiro atoms. The normalized spacial score (nSPS) is 12.7. The van der Waals surface area contributed by atoms with Gasteiger partial charge >= 0.3 is 0 Å². The molecule has 4 heteroatoms. The number of likely N-dealkylation sites (N-methyl/N-ethyl adjacent to an activating group) is 1. The fraction of sp³-hybridized carbons (Fsp3) is 0.286. The van der Waals surface area contributed by atoms with Crippen molar-refractivity contribution < 1.29 is 8.78 Å². The number of nitrogens with one attached hydrogen (secondary N) is 1. The SMILES string of the molecule is CNC(Cc1cccc(F)c1F)c1cscc1C. The van der Waals surface area contributed by atoms with Crippen LogP contribution in [0.1, 0.15) is 22.7 Å². The zero-order chi connectivity index (χ0) is 13.1. The van der Waals surface area contributed by atoms with Crippen LogP contribution in [-0.4, -0.2) is 7.05 Å². The molecule has 1 atom stereocenters. The van der Waals surface area contributed by atoms with Gasteiger partial charge in [0.25, 0.3) is 0 Å². The first kappa shape index (κ1) is 13.2. The highest BCUT2D eigenvalue weighted by atomic mass is 32.1. The molecule has 0 aliphatic carbocycles. The summed E-state index contributed by atoms with van der Waals surface area (Å²) in [6.45, 7) is 2.03. The van der Waals surface area contributed by atoms with Crippen molar-refractivity contribution in [3.63, 3.8) is 0 Å². The summed E-state index contributed by atoms with van der Waals surface area (Å²) in [6.07, 6.45) is 0.442. The molecule has 0 saturated carbocycles. The number of rotatable bonds is 4. The molecule has 0 radical (unpaired) electrons. The summed E-state index contributed by atoms with van der Waals surface area (Å²) >= 11 is 1.62. The lowest BCUT2D eigenvalue weighted by Gasteiger charge is -2.17. The number of hydrogen-bond acceptors (Lipinski definition) is 2. The molecular formula is C14H15F2NS. The fourth-order valence-corrected chi connectivity index (χ4v) is 2.93. The number of hydrogen-bond donors (Lipinski definition) is 1. The van der Waals surface area contributed by atoms with Crippen LogP contribution in [0.5, 0.6) is 0 Å². The molecule has 0 aliphatic heterocycles. The van der Waals surface area contributed by atoms with Gasteiger partial charge in [-0.15, -0.1) is 0 Å². The average molecular weight is 267 g/mol. The minimum Gasteiger partial charge on any atom is -0.313 e. The molecule has 1 aromatic heterocycles. The van der Waals surface area contributed by atoms with E-state index in [2.05, 4.69) is 10.7 Å². The maximum absolute atomic E-state index is 13.6. The minimum absolute atomic E-state index is 0.00699. The second kappa shape index (κ2) is 5.59. The number of benzene rings is 1. The molecule has 96 valence electrons. The van der Waals surface area contributed by atoms with Crippen molar-refractivity contribution in [3.05, 3.63) is 57.3 Å². The van der Waals surface area contributed by atoms with Gasteiger partial charge in [-0.05, 0) is 53.9 Å². The molecule has 18 heavy (non-hydrogen) atoms. The lowest BCUT2D eigenvalue weighted by molar-refractivity contribution is 0.487. The number of halogens is 2. The van der Waals surface area contributed by atoms with Gasteiger partial charge in [0.05, 0.1) is 0 Å². The number of aryl methyl sites for hydroxylation is 1. The van der Waals surface area contributed by atoms with Crippen molar-refractivity contribution >= 4 is 11.3 Å². The van der Waals surface area contributed by atoms with Crippen molar-refractivity contribution in [3.8, 4) is 0 Å². The van der Waals surface area contributed by atoms with E-state index >= 15 is 0 Å². The Hall–Kier alpha value is -1.26. The molecule has 1 heterocycles. The molecule has 1 unspecified atom stereocenters. The molecule has 1 nitrogen and oxygen atoms in total. The van der Waals surface area contributed by atoms with E-state index in [9.17, 15) is 8.78 Å². The highest BCUT2D eigenvalue weighted by molar-refractivity contribution is 7.08. The van der Waals surface area contributed by atoms with E-state index in [-0.39, 0.29) is 6.04 Å². The Morgan fingerprint density at radius 2 is 2.06 bits per heavy atom. The standard InChI is InChI=1S/C14H15F2NS/c1-9-7-18-8-11(9)13(17-2)6-10-4-3-5-12(15)14(10)16/h3-5,7-8,13,17H,6H2,1-2H3. The van der Waals surface area contributed by atoms with E-state index < -0.39 is 11.6 Å². The van der Waals surface area contributed by atoms with Gasteiger partial charge in [0, 0.05) is 6.04 Å². The van der Waals surface area contributed by atoms with Gasteiger partial charge in [-0.25, -0.2) is 8.78 Å². The van der Waals surface area contributed by atoms with Gasteiger partial charge < -0.3 is 5.32 Å². The molecule has 1 N–H and O–H groups in total. The Kier molecular flexibility index (Phi) is 4.09. The van der Waals surface area contributed by atoms with Crippen molar-refractivity contribution in [2.45, 2.75) is 19.4 Å². The molecule has 2 rings (SSSR count). The lowest BCUT2D eigenvalue weighted by Crippen LogP contribution is -2.19. The van der Waals surface area contributed by atoms with E-state index in [4.69, 9.17) is 0 Å². The van der Waals surface area contributed by atoms with Crippen molar-refractivity contribution in [1.82, 2.24) is 5.32 Å². The van der Waals surface area contributed by atoms with Crippen LogP contribution in [0.25, 0.3) is 0 Å². The van der Waals surface area contributed by atoms with Gasteiger partial charge in [0.15, 0.2) is 11.6 Å². The Bertz CT molecular complexity index is 536. The summed E-state index contributed by atoms with van der Waals surface area (Å²) in [5.41, 5.74) is 2.72. The molecule has 0 saturated heterocycles. The highest BCUT2D eigenvalue weighted by Crippen LogP contribution is 2.26. The van der Waals surface area contributed by atoms with Gasteiger partial charge in [-0.1, -0.05) is 12.1 Å². The summed E-state index contributed by atoms with van der Waals surface area (Å²) in [4.78, 5) is 0. The fourth-order valence-electron chi connectivity index (χ4n) is 2.02. The Balaban J connectivity index is 2.26. The Labute approximate surface area is 109 Å². The second-order valence-corrected chi connectivity index (χ2v) is 5.01. The van der Waals surface area contributed by atoms with E-state index in [0.29, 0.717) is 12.0 Å². The first-order valence-corrected chi connectivity index (χ1v) is 6.70. The summed E-state index contributed by atoms with van der Waals surface area (Å²) in [6, 6.07) is 4.32. The molecule has 0 amide bonds. The van der Waals surface area contributed by atoms with Crippen LogP contribution in [0.15, 0.2) is 29.0 Å². The van der Waals surface area contributed by atoms with E-state index in [1.807, 2.05) is 19.4 Å². The molecule has 0 fully saturated rings. The van der Waals surface area contributed by atoms with Crippen LogP contribution in [0.2, 0.25) is 0 Å². The van der Waals surface area contributed by atoms with E-state index in [1.165, 1.54) is 5.56 Å². The first-order valence-electron chi connectivity index (χ1n) is 5.76. The summed E-state index contributed by atoms with van der Waals surface area (Å²) in [7, 11) is 1.83. The molecule has 0 aliphatic rings. The van der Waals surface area contributed by atoms with Crippen LogP contribution in [0.3, 0.4) is 0 Å². The van der Waals surface area contributed by atoms with E-state index in [1.54, 1.807) is 23.5 Å². The third-order valence-corrected chi connectivity index (χ3v) is 3.95. The topological polar surface area (TPSA) is 12.0 Å². The molecular weight excluding hydrogens is 252 g/mol. The zero-order valence-electron chi connectivity index (χ0n) is 10.3. The lowest BCUT2D eigenvalue weighted by atomic mass is 9.98. The summed E-state index contributed by atoms with van der Waals surface area (Å²) in [5.74, 6) is -1.53. The van der Waals surface area contributed by atoms with Gasteiger partial charge in [0.2, 0.25) is 0 Å². The Morgan fingerprint density at radius 3 is 2.67 bits per heavy atom.